The third-order valence-electron chi connectivity index (χ3n) is 4.56. The van der Waals surface area contributed by atoms with Gasteiger partial charge in [0.2, 0.25) is 5.91 Å². The lowest BCUT2D eigenvalue weighted by atomic mass is 9.88. The highest BCUT2D eigenvalue weighted by Gasteiger charge is 2.43. The maximum Gasteiger partial charge on any atom is 0.339 e. The summed E-state index contributed by atoms with van der Waals surface area (Å²) in [7, 11) is 0. The van der Waals surface area contributed by atoms with Crippen molar-refractivity contribution in [3.8, 4) is 0 Å². The monoisotopic (exact) mass is 293 g/mol. The van der Waals surface area contributed by atoms with Crippen molar-refractivity contribution < 1.29 is 14.7 Å². The van der Waals surface area contributed by atoms with Crippen LogP contribution in [0.25, 0.3) is 0 Å². The Hall–Kier alpha value is -1.55. The lowest BCUT2D eigenvalue weighted by Gasteiger charge is -2.21. The molecule has 4 nitrogen and oxygen atoms in total. The van der Waals surface area contributed by atoms with Crippen molar-refractivity contribution in [3.05, 3.63) is 28.8 Å². The predicted octanol–water partition coefficient (Wildman–Crippen LogP) is 3.41. The molecule has 2 saturated carbocycles. The summed E-state index contributed by atoms with van der Waals surface area (Å²) in [4.78, 5) is 23.6. The van der Waals surface area contributed by atoms with E-state index in [1.165, 1.54) is 12.5 Å². The van der Waals surface area contributed by atoms with Gasteiger partial charge in [0, 0.05) is 5.92 Å². The van der Waals surface area contributed by atoms with Crippen molar-refractivity contribution >= 4 is 29.2 Å². The third kappa shape index (κ3) is 2.29. The van der Waals surface area contributed by atoms with Crippen molar-refractivity contribution in [1.82, 2.24) is 0 Å². The predicted molar refractivity (Wildman–Crippen MR) is 76.0 cm³/mol. The smallest absolute Gasteiger partial charge is 0.339 e. The molecule has 1 amide bonds. The minimum atomic E-state index is -1.13. The fourth-order valence-electron chi connectivity index (χ4n) is 3.64. The number of rotatable bonds is 3. The van der Waals surface area contributed by atoms with Crippen LogP contribution in [0.3, 0.4) is 0 Å². The summed E-state index contributed by atoms with van der Waals surface area (Å²) < 4.78 is 0. The SMILES string of the molecule is O=C(O)c1c(Cl)cccc1NC(=O)C1CC2CCC1C2. The Labute approximate surface area is 122 Å². The molecular formula is C15H16ClNO3. The summed E-state index contributed by atoms with van der Waals surface area (Å²) in [5, 5.41) is 12.1. The zero-order valence-corrected chi connectivity index (χ0v) is 11.7. The summed E-state index contributed by atoms with van der Waals surface area (Å²) in [5.74, 6) is -0.0308. The Bertz CT molecular complexity index is 572. The van der Waals surface area contributed by atoms with E-state index in [0.717, 1.165) is 19.3 Å². The minimum Gasteiger partial charge on any atom is -0.478 e. The van der Waals surface area contributed by atoms with Gasteiger partial charge in [0.1, 0.15) is 5.56 Å². The number of hydrogen-bond acceptors (Lipinski definition) is 2. The molecule has 0 aliphatic heterocycles. The average Bonchev–Trinajstić information content (AvgIpc) is 3.00. The molecule has 2 aliphatic carbocycles. The van der Waals surface area contributed by atoms with Crippen LogP contribution < -0.4 is 5.32 Å². The van der Waals surface area contributed by atoms with Gasteiger partial charge >= 0.3 is 5.97 Å². The third-order valence-corrected chi connectivity index (χ3v) is 4.88. The fourth-order valence-corrected chi connectivity index (χ4v) is 3.89. The Morgan fingerprint density at radius 2 is 2.05 bits per heavy atom. The van der Waals surface area contributed by atoms with Crippen molar-refractivity contribution in [2.24, 2.45) is 17.8 Å². The number of benzene rings is 1. The molecule has 20 heavy (non-hydrogen) atoms. The molecule has 5 heteroatoms. The number of hydrogen-bond donors (Lipinski definition) is 2. The topological polar surface area (TPSA) is 66.4 Å². The number of carboxylic acids is 1. The van der Waals surface area contributed by atoms with Crippen LogP contribution in [0, 0.1) is 17.8 Å². The van der Waals surface area contributed by atoms with Crippen LogP contribution in [-0.4, -0.2) is 17.0 Å². The molecule has 2 bridgehead atoms. The van der Waals surface area contributed by atoms with E-state index in [9.17, 15) is 14.7 Å². The molecular weight excluding hydrogens is 278 g/mol. The van der Waals surface area contributed by atoms with E-state index in [1.807, 2.05) is 0 Å². The Morgan fingerprint density at radius 3 is 2.65 bits per heavy atom. The van der Waals surface area contributed by atoms with E-state index in [0.29, 0.717) is 11.8 Å². The molecule has 3 rings (SSSR count). The van der Waals surface area contributed by atoms with E-state index in [4.69, 9.17) is 11.6 Å². The standard InChI is InChI=1S/C15H16ClNO3/c16-11-2-1-3-12(13(11)15(19)20)17-14(18)10-7-8-4-5-9(10)6-8/h1-3,8-10H,4-7H2,(H,17,18)(H,19,20). The van der Waals surface area contributed by atoms with Crippen molar-refractivity contribution in [1.29, 1.82) is 0 Å². The Balaban J connectivity index is 1.80. The normalized spacial score (nSPS) is 27.6. The van der Waals surface area contributed by atoms with Gasteiger partial charge < -0.3 is 10.4 Å². The lowest BCUT2D eigenvalue weighted by molar-refractivity contribution is -0.121. The molecule has 2 fully saturated rings. The highest BCUT2D eigenvalue weighted by Crippen LogP contribution is 2.48. The van der Waals surface area contributed by atoms with Gasteiger partial charge in [-0.25, -0.2) is 4.79 Å². The molecule has 106 valence electrons. The summed E-state index contributed by atoms with van der Waals surface area (Å²) in [6, 6.07) is 4.74. The number of fused-ring (bicyclic) bond motifs is 2. The molecule has 2 aliphatic rings. The van der Waals surface area contributed by atoms with Crippen molar-refractivity contribution in [3.63, 3.8) is 0 Å². The summed E-state index contributed by atoms with van der Waals surface area (Å²) in [6.07, 6.45) is 4.41. The van der Waals surface area contributed by atoms with E-state index >= 15 is 0 Å². The number of aromatic carboxylic acids is 1. The number of carbonyl (C=O) groups excluding carboxylic acids is 1. The zero-order chi connectivity index (χ0) is 14.3. The number of halogens is 1. The van der Waals surface area contributed by atoms with Gasteiger partial charge in [-0.2, -0.15) is 0 Å². The summed E-state index contributed by atoms with van der Waals surface area (Å²) in [6.45, 7) is 0. The molecule has 3 unspecified atom stereocenters. The summed E-state index contributed by atoms with van der Waals surface area (Å²) >= 11 is 5.90. The second kappa shape index (κ2) is 5.09. The first-order valence-corrected chi connectivity index (χ1v) is 7.26. The number of amides is 1. The Morgan fingerprint density at radius 1 is 1.25 bits per heavy atom. The van der Waals surface area contributed by atoms with Gasteiger partial charge in [0.05, 0.1) is 10.7 Å². The molecule has 0 spiro atoms. The molecule has 0 saturated heterocycles. The fraction of sp³-hybridized carbons (Fsp3) is 0.467. The maximum atomic E-state index is 12.3. The minimum absolute atomic E-state index is 0.0226. The zero-order valence-electron chi connectivity index (χ0n) is 10.9. The molecule has 0 aromatic heterocycles. The molecule has 2 N–H and O–H groups in total. The molecule has 1 aromatic carbocycles. The highest BCUT2D eigenvalue weighted by atomic mass is 35.5. The largest absolute Gasteiger partial charge is 0.478 e. The van der Waals surface area contributed by atoms with Crippen LogP contribution in [0.1, 0.15) is 36.0 Å². The van der Waals surface area contributed by atoms with E-state index in [1.54, 1.807) is 12.1 Å². The highest BCUT2D eigenvalue weighted by molar-refractivity contribution is 6.34. The average molecular weight is 294 g/mol. The summed E-state index contributed by atoms with van der Waals surface area (Å²) in [5.41, 5.74) is 0.253. The van der Waals surface area contributed by atoms with Gasteiger partial charge in [-0.15, -0.1) is 0 Å². The van der Waals surface area contributed by atoms with Gasteiger partial charge in [0.15, 0.2) is 0 Å². The van der Waals surface area contributed by atoms with Gasteiger partial charge in [-0.1, -0.05) is 24.1 Å². The first kappa shape index (κ1) is 13.4. The van der Waals surface area contributed by atoms with Crippen LogP contribution in [0.5, 0.6) is 0 Å². The van der Waals surface area contributed by atoms with Crippen molar-refractivity contribution in [2.75, 3.05) is 5.32 Å². The van der Waals surface area contributed by atoms with Crippen LogP contribution >= 0.6 is 11.6 Å². The number of anilines is 1. The van der Waals surface area contributed by atoms with Gasteiger partial charge in [-0.3, -0.25) is 4.79 Å². The molecule has 0 radical (unpaired) electrons. The molecule has 0 heterocycles. The van der Waals surface area contributed by atoms with E-state index in [2.05, 4.69) is 5.32 Å². The van der Waals surface area contributed by atoms with Gasteiger partial charge in [0.25, 0.3) is 0 Å². The number of carbonyl (C=O) groups is 2. The van der Waals surface area contributed by atoms with Crippen LogP contribution in [0.2, 0.25) is 5.02 Å². The van der Waals surface area contributed by atoms with Gasteiger partial charge in [-0.05, 0) is 43.2 Å². The number of nitrogens with one attached hydrogen (secondary N) is 1. The van der Waals surface area contributed by atoms with Crippen molar-refractivity contribution in [2.45, 2.75) is 25.7 Å². The molecule has 3 atom stereocenters. The second-order valence-electron chi connectivity index (χ2n) is 5.74. The first-order valence-electron chi connectivity index (χ1n) is 6.89. The van der Waals surface area contributed by atoms with E-state index < -0.39 is 5.97 Å². The Kier molecular flexibility index (Phi) is 3.42. The molecule has 1 aromatic rings. The van der Waals surface area contributed by atoms with Crippen LogP contribution in [-0.2, 0) is 4.79 Å². The lowest BCUT2D eigenvalue weighted by Crippen LogP contribution is -2.28. The van der Waals surface area contributed by atoms with Crippen LogP contribution in [0.4, 0.5) is 5.69 Å². The first-order chi connectivity index (χ1) is 9.56. The number of carboxylic acid groups (broad SMARTS) is 1. The van der Waals surface area contributed by atoms with E-state index in [-0.39, 0.29) is 28.1 Å². The van der Waals surface area contributed by atoms with Crippen LogP contribution in [0.15, 0.2) is 18.2 Å². The quantitative estimate of drug-likeness (QED) is 0.897. The second-order valence-corrected chi connectivity index (χ2v) is 6.15. The maximum absolute atomic E-state index is 12.3.